The molecule has 0 amide bonds. The molecule has 0 aromatic heterocycles. The molecule has 0 unspecified atom stereocenters. The summed E-state index contributed by atoms with van der Waals surface area (Å²) in [5.41, 5.74) is 0.247. The lowest BCUT2D eigenvalue weighted by Gasteiger charge is -2.30. The maximum absolute atomic E-state index is 5.49. The molecule has 11 heavy (non-hydrogen) atoms. The average Bonchev–Trinajstić information content (AvgIpc) is 1.86. The molecule has 0 aromatic rings. The fourth-order valence-corrected chi connectivity index (χ4v) is 0.695. The van der Waals surface area contributed by atoms with Gasteiger partial charge in [-0.2, -0.15) is 0 Å². The Kier molecular flexibility index (Phi) is 4.78. The summed E-state index contributed by atoms with van der Waals surface area (Å²) in [6.07, 6.45) is 4.07. The summed E-state index contributed by atoms with van der Waals surface area (Å²) < 4.78 is 0. The van der Waals surface area contributed by atoms with Gasteiger partial charge in [0.25, 0.3) is 0 Å². The summed E-state index contributed by atoms with van der Waals surface area (Å²) in [7, 11) is 2.11. The van der Waals surface area contributed by atoms with Gasteiger partial charge in [0.2, 0.25) is 0 Å². The summed E-state index contributed by atoms with van der Waals surface area (Å²) in [4.78, 5) is 2.27. The van der Waals surface area contributed by atoms with Gasteiger partial charge in [0.15, 0.2) is 0 Å². The summed E-state index contributed by atoms with van der Waals surface area (Å²) in [5.74, 6) is 0.609. The number of allylic oxidation sites excluding steroid dienone is 1. The monoisotopic (exact) mass is 175 g/mol. The van der Waals surface area contributed by atoms with Crippen molar-refractivity contribution in [3.63, 3.8) is 0 Å². The minimum atomic E-state index is 0.247. The number of likely N-dealkylation sites (N-methyl/N-ethyl adjacent to an activating group) is 1. The van der Waals surface area contributed by atoms with Gasteiger partial charge in [-0.15, -0.1) is 11.6 Å². The highest BCUT2D eigenvalue weighted by Gasteiger charge is 2.14. The van der Waals surface area contributed by atoms with E-state index in [4.69, 9.17) is 11.6 Å². The van der Waals surface area contributed by atoms with Gasteiger partial charge < -0.3 is 0 Å². The molecule has 2 heteroatoms. The zero-order valence-corrected chi connectivity index (χ0v) is 8.65. The molecule has 0 fully saturated rings. The molecule has 0 saturated carbocycles. The van der Waals surface area contributed by atoms with Crippen LogP contribution in [-0.2, 0) is 0 Å². The van der Waals surface area contributed by atoms with Crippen LogP contribution in [0.1, 0.15) is 20.8 Å². The predicted octanol–water partition coefficient (Wildman–Crippen LogP) is 2.51. The van der Waals surface area contributed by atoms with Gasteiger partial charge in [-0.3, -0.25) is 4.90 Å². The van der Waals surface area contributed by atoms with E-state index in [2.05, 4.69) is 38.8 Å². The van der Waals surface area contributed by atoms with Crippen LogP contribution < -0.4 is 0 Å². The molecule has 0 rings (SSSR count). The van der Waals surface area contributed by atoms with E-state index in [1.165, 1.54) is 0 Å². The summed E-state index contributed by atoms with van der Waals surface area (Å²) in [5, 5.41) is 0. The van der Waals surface area contributed by atoms with Crippen molar-refractivity contribution >= 4 is 11.6 Å². The zero-order chi connectivity index (χ0) is 8.91. The number of halogens is 1. The van der Waals surface area contributed by atoms with Crippen molar-refractivity contribution in [1.82, 2.24) is 4.90 Å². The number of rotatable bonds is 3. The molecule has 0 radical (unpaired) electrons. The van der Waals surface area contributed by atoms with E-state index in [0.717, 1.165) is 6.54 Å². The van der Waals surface area contributed by atoms with Crippen LogP contribution in [0.25, 0.3) is 0 Å². The molecule has 0 bridgehead atoms. The standard InChI is InChI=1S/C9H18ClN/c1-9(2,3)11(4)8-6-5-7-10/h5-6H,7-8H2,1-4H3/b6-5+. The van der Waals surface area contributed by atoms with Crippen LogP contribution in [0.5, 0.6) is 0 Å². The maximum Gasteiger partial charge on any atom is 0.0404 e. The zero-order valence-electron chi connectivity index (χ0n) is 7.89. The van der Waals surface area contributed by atoms with E-state index in [1.54, 1.807) is 0 Å². The quantitative estimate of drug-likeness (QED) is 0.471. The van der Waals surface area contributed by atoms with Crippen LogP contribution in [0.2, 0.25) is 0 Å². The van der Waals surface area contributed by atoms with Gasteiger partial charge in [0.05, 0.1) is 0 Å². The number of hydrogen-bond donors (Lipinski definition) is 0. The molecule has 0 N–H and O–H groups in total. The molecule has 1 nitrogen and oxygen atoms in total. The molecular formula is C9H18ClN. The molecule has 66 valence electrons. The Morgan fingerprint density at radius 1 is 1.27 bits per heavy atom. The fourth-order valence-electron chi connectivity index (χ4n) is 0.570. The van der Waals surface area contributed by atoms with Crippen molar-refractivity contribution in [2.45, 2.75) is 26.3 Å². The van der Waals surface area contributed by atoms with Crippen molar-refractivity contribution in [3.05, 3.63) is 12.2 Å². The lowest BCUT2D eigenvalue weighted by Crippen LogP contribution is -2.37. The third kappa shape index (κ3) is 5.28. The molecule has 0 aliphatic rings. The van der Waals surface area contributed by atoms with Crippen LogP contribution in [0, 0.1) is 0 Å². The number of nitrogens with zero attached hydrogens (tertiary/aromatic N) is 1. The van der Waals surface area contributed by atoms with Crippen LogP contribution in [0.4, 0.5) is 0 Å². The van der Waals surface area contributed by atoms with Crippen LogP contribution >= 0.6 is 11.6 Å². The highest BCUT2D eigenvalue weighted by atomic mass is 35.5. The van der Waals surface area contributed by atoms with Crippen LogP contribution in [-0.4, -0.2) is 29.9 Å². The Morgan fingerprint density at radius 2 is 1.82 bits per heavy atom. The Bertz CT molecular complexity index is 124. The highest BCUT2D eigenvalue weighted by Crippen LogP contribution is 2.09. The average molecular weight is 176 g/mol. The molecule has 0 saturated heterocycles. The van der Waals surface area contributed by atoms with Gasteiger partial charge in [-0.05, 0) is 27.8 Å². The second-order valence-electron chi connectivity index (χ2n) is 3.68. The van der Waals surface area contributed by atoms with Gasteiger partial charge in [0, 0.05) is 18.0 Å². The SMILES string of the molecule is CN(C/C=C/CCl)C(C)(C)C. The number of hydrogen-bond acceptors (Lipinski definition) is 1. The highest BCUT2D eigenvalue weighted by molar-refractivity contribution is 6.18. The Morgan fingerprint density at radius 3 is 2.18 bits per heavy atom. The van der Waals surface area contributed by atoms with E-state index >= 15 is 0 Å². The van der Waals surface area contributed by atoms with E-state index in [9.17, 15) is 0 Å². The topological polar surface area (TPSA) is 3.24 Å². The largest absolute Gasteiger partial charge is 0.298 e. The lowest BCUT2D eigenvalue weighted by molar-refractivity contribution is 0.195. The van der Waals surface area contributed by atoms with E-state index in [-0.39, 0.29) is 5.54 Å². The third-order valence-electron chi connectivity index (χ3n) is 1.78. The normalized spacial score (nSPS) is 13.3. The molecule has 0 spiro atoms. The van der Waals surface area contributed by atoms with Gasteiger partial charge in [-0.1, -0.05) is 12.2 Å². The first-order chi connectivity index (χ1) is 4.98. The summed E-state index contributed by atoms with van der Waals surface area (Å²) >= 11 is 5.49. The minimum absolute atomic E-state index is 0.247. The van der Waals surface area contributed by atoms with Crippen molar-refractivity contribution in [2.24, 2.45) is 0 Å². The van der Waals surface area contributed by atoms with Crippen molar-refractivity contribution in [1.29, 1.82) is 0 Å². The van der Waals surface area contributed by atoms with Crippen LogP contribution in [0.3, 0.4) is 0 Å². The van der Waals surface area contributed by atoms with Gasteiger partial charge in [-0.25, -0.2) is 0 Å². The maximum atomic E-state index is 5.49. The van der Waals surface area contributed by atoms with Gasteiger partial charge >= 0.3 is 0 Å². The second kappa shape index (κ2) is 4.78. The van der Waals surface area contributed by atoms with Crippen molar-refractivity contribution in [2.75, 3.05) is 19.5 Å². The third-order valence-corrected chi connectivity index (χ3v) is 1.96. The second-order valence-corrected chi connectivity index (χ2v) is 3.99. The fraction of sp³-hybridized carbons (Fsp3) is 0.778. The predicted molar refractivity (Wildman–Crippen MR) is 52.2 cm³/mol. The van der Waals surface area contributed by atoms with E-state index in [0.29, 0.717) is 5.88 Å². The molecule has 0 aromatic carbocycles. The minimum Gasteiger partial charge on any atom is -0.298 e. The molecule has 0 aliphatic heterocycles. The van der Waals surface area contributed by atoms with Crippen molar-refractivity contribution in [3.8, 4) is 0 Å². The van der Waals surface area contributed by atoms with Crippen molar-refractivity contribution < 1.29 is 0 Å². The van der Waals surface area contributed by atoms with Gasteiger partial charge in [0.1, 0.15) is 0 Å². The first kappa shape index (κ1) is 11.0. The van der Waals surface area contributed by atoms with E-state index < -0.39 is 0 Å². The summed E-state index contributed by atoms with van der Waals surface area (Å²) in [6, 6.07) is 0. The Labute approximate surface area is 75.0 Å². The molecule has 0 heterocycles. The first-order valence-corrected chi connectivity index (χ1v) is 4.44. The lowest BCUT2D eigenvalue weighted by atomic mass is 10.1. The molecule has 0 aliphatic carbocycles. The summed E-state index contributed by atoms with van der Waals surface area (Å²) in [6.45, 7) is 7.56. The van der Waals surface area contributed by atoms with E-state index in [1.807, 2.05) is 6.08 Å². The Balaban J connectivity index is 3.69. The number of alkyl halides is 1. The van der Waals surface area contributed by atoms with Crippen LogP contribution in [0.15, 0.2) is 12.2 Å². The Hall–Kier alpha value is -0.0100. The molecular weight excluding hydrogens is 158 g/mol. The first-order valence-electron chi connectivity index (χ1n) is 3.90. The molecule has 0 atom stereocenters. The smallest absolute Gasteiger partial charge is 0.0404 e.